The minimum absolute atomic E-state index is 0.00103. The Labute approximate surface area is 110 Å². The van der Waals surface area contributed by atoms with E-state index in [1.807, 2.05) is 6.92 Å². The van der Waals surface area contributed by atoms with Crippen LogP contribution in [0.15, 0.2) is 0 Å². The van der Waals surface area contributed by atoms with Gasteiger partial charge in [-0.2, -0.15) is 0 Å². The van der Waals surface area contributed by atoms with Gasteiger partial charge in [0.05, 0.1) is 18.1 Å². The van der Waals surface area contributed by atoms with Gasteiger partial charge in [0.2, 0.25) is 11.8 Å². The van der Waals surface area contributed by atoms with E-state index in [0.29, 0.717) is 18.1 Å². The first-order valence-corrected chi connectivity index (χ1v) is 6.90. The molecule has 1 rings (SSSR count). The van der Waals surface area contributed by atoms with Gasteiger partial charge in [0.1, 0.15) is 6.54 Å². The zero-order valence-corrected chi connectivity index (χ0v) is 11.4. The van der Waals surface area contributed by atoms with Crippen LogP contribution in [0.25, 0.3) is 0 Å². The van der Waals surface area contributed by atoms with Crippen molar-refractivity contribution in [2.45, 2.75) is 32.2 Å². The van der Waals surface area contributed by atoms with E-state index in [0.717, 1.165) is 0 Å². The molecule has 7 heteroatoms. The lowest BCUT2D eigenvalue weighted by molar-refractivity contribution is -0.139. The van der Waals surface area contributed by atoms with Gasteiger partial charge in [-0.3, -0.25) is 14.4 Å². The number of nitrogens with zero attached hydrogens (tertiary/aromatic N) is 1. The second-order valence-corrected chi connectivity index (χ2v) is 5.56. The van der Waals surface area contributed by atoms with Gasteiger partial charge in [0, 0.05) is 5.54 Å². The second kappa shape index (κ2) is 6.08. The monoisotopic (exact) mass is 274 g/mol. The highest BCUT2D eigenvalue weighted by Gasteiger charge is 2.29. The summed E-state index contributed by atoms with van der Waals surface area (Å²) in [7, 11) is 0. The largest absolute Gasteiger partial charge is 0.481 e. The highest BCUT2D eigenvalue weighted by molar-refractivity contribution is 8.00. The van der Waals surface area contributed by atoms with Crippen LogP contribution in [0, 0.1) is 0 Å². The number of nitrogens with one attached hydrogen (secondary N) is 1. The summed E-state index contributed by atoms with van der Waals surface area (Å²) in [6.07, 6.45) is 0.395. The van der Waals surface area contributed by atoms with Crippen molar-refractivity contribution in [3.8, 4) is 0 Å². The molecule has 1 unspecified atom stereocenters. The molecule has 1 fully saturated rings. The Bertz CT molecular complexity index is 361. The van der Waals surface area contributed by atoms with Gasteiger partial charge in [-0.25, -0.2) is 0 Å². The number of hydrogen-bond donors (Lipinski definition) is 2. The number of carboxylic acids is 1. The van der Waals surface area contributed by atoms with Crippen LogP contribution in [0.5, 0.6) is 0 Å². The summed E-state index contributed by atoms with van der Waals surface area (Å²) in [5.41, 5.74) is -0.765. The Morgan fingerprint density at radius 1 is 1.56 bits per heavy atom. The minimum atomic E-state index is -0.951. The van der Waals surface area contributed by atoms with Crippen LogP contribution in [0.1, 0.15) is 26.7 Å². The maximum absolute atomic E-state index is 11.8. The number of carbonyl (C=O) groups excluding carboxylic acids is 2. The van der Waals surface area contributed by atoms with E-state index in [4.69, 9.17) is 5.11 Å². The fraction of sp³-hybridized carbons (Fsp3) is 0.727. The van der Waals surface area contributed by atoms with E-state index < -0.39 is 11.5 Å². The maximum atomic E-state index is 11.8. The summed E-state index contributed by atoms with van der Waals surface area (Å²) in [5, 5.41) is 11.5. The van der Waals surface area contributed by atoms with Gasteiger partial charge < -0.3 is 15.3 Å². The third kappa shape index (κ3) is 4.21. The Balaban J connectivity index is 2.51. The summed E-state index contributed by atoms with van der Waals surface area (Å²) in [6.45, 7) is 3.51. The van der Waals surface area contributed by atoms with Crippen molar-refractivity contribution >= 4 is 29.5 Å². The molecule has 2 N–H and O–H groups in total. The number of carboxylic acid groups (broad SMARTS) is 1. The van der Waals surface area contributed by atoms with Crippen molar-refractivity contribution in [2.75, 3.05) is 18.2 Å². The minimum Gasteiger partial charge on any atom is -0.481 e. The lowest BCUT2D eigenvalue weighted by Crippen LogP contribution is -2.50. The molecule has 102 valence electrons. The van der Waals surface area contributed by atoms with Gasteiger partial charge in [-0.15, -0.1) is 11.8 Å². The van der Waals surface area contributed by atoms with Crippen LogP contribution >= 0.6 is 11.8 Å². The molecular weight excluding hydrogens is 256 g/mol. The molecule has 6 nitrogen and oxygen atoms in total. The fourth-order valence-electron chi connectivity index (χ4n) is 1.68. The summed E-state index contributed by atoms with van der Waals surface area (Å²) in [5.74, 6) is -0.378. The zero-order chi connectivity index (χ0) is 13.8. The molecule has 0 aromatic rings. The van der Waals surface area contributed by atoms with E-state index in [-0.39, 0.29) is 24.8 Å². The Morgan fingerprint density at radius 2 is 2.22 bits per heavy atom. The average Bonchev–Trinajstić information content (AvgIpc) is 2.63. The van der Waals surface area contributed by atoms with E-state index in [1.165, 1.54) is 16.7 Å². The summed E-state index contributed by atoms with van der Waals surface area (Å²) < 4.78 is 0. The molecule has 0 radical (unpaired) electrons. The number of rotatable bonds is 6. The average molecular weight is 274 g/mol. The number of aliphatic carboxylic acids is 1. The molecule has 0 aromatic heterocycles. The molecule has 1 aliphatic rings. The first-order chi connectivity index (χ1) is 8.36. The molecule has 0 spiro atoms. The predicted octanol–water partition coefficient (Wildman–Crippen LogP) is 0.279. The first kappa shape index (κ1) is 14.8. The smallest absolute Gasteiger partial charge is 0.305 e. The Morgan fingerprint density at radius 3 is 2.67 bits per heavy atom. The van der Waals surface area contributed by atoms with Crippen molar-refractivity contribution in [2.24, 2.45) is 0 Å². The first-order valence-electron chi connectivity index (χ1n) is 5.74. The van der Waals surface area contributed by atoms with Gasteiger partial charge in [-0.05, 0) is 13.3 Å². The predicted molar refractivity (Wildman–Crippen MR) is 68.1 cm³/mol. The molecule has 1 atom stereocenters. The number of hydrogen-bond acceptors (Lipinski definition) is 4. The van der Waals surface area contributed by atoms with Crippen LogP contribution in [-0.2, 0) is 14.4 Å². The van der Waals surface area contributed by atoms with Gasteiger partial charge in [0.25, 0.3) is 0 Å². The SMILES string of the molecule is CCC(C)(CC(=O)O)NC(=O)CN1CSCC1=O. The Hall–Kier alpha value is -1.24. The van der Waals surface area contributed by atoms with Crippen molar-refractivity contribution in [1.82, 2.24) is 10.2 Å². The zero-order valence-electron chi connectivity index (χ0n) is 10.6. The summed E-state index contributed by atoms with van der Waals surface area (Å²) >= 11 is 1.47. The number of thioether (sulfide) groups is 1. The van der Waals surface area contributed by atoms with E-state index >= 15 is 0 Å². The van der Waals surface area contributed by atoms with E-state index in [9.17, 15) is 14.4 Å². The Kier molecular flexibility index (Phi) is 5.01. The molecule has 1 aliphatic heterocycles. The molecule has 18 heavy (non-hydrogen) atoms. The molecule has 2 amide bonds. The third-order valence-corrected chi connectivity index (χ3v) is 3.87. The molecule has 0 bridgehead atoms. The van der Waals surface area contributed by atoms with Crippen LogP contribution in [0.4, 0.5) is 0 Å². The van der Waals surface area contributed by atoms with E-state index in [2.05, 4.69) is 5.32 Å². The van der Waals surface area contributed by atoms with Crippen LogP contribution in [-0.4, -0.2) is 51.5 Å². The molecule has 1 heterocycles. The van der Waals surface area contributed by atoms with Gasteiger partial charge in [-0.1, -0.05) is 6.92 Å². The fourth-order valence-corrected chi connectivity index (χ4v) is 2.59. The molecular formula is C11H18N2O4S. The highest BCUT2D eigenvalue weighted by Crippen LogP contribution is 2.16. The second-order valence-electron chi connectivity index (χ2n) is 4.60. The van der Waals surface area contributed by atoms with Crippen LogP contribution in [0.2, 0.25) is 0 Å². The molecule has 0 aliphatic carbocycles. The van der Waals surface area contributed by atoms with Crippen molar-refractivity contribution < 1.29 is 19.5 Å². The van der Waals surface area contributed by atoms with Crippen molar-refractivity contribution in [1.29, 1.82) is 0 Å². The third-order valence-electron chi connectivity index (χ3n) is 2.92. The van der Waals surface area contributed by atoms with Gasteiger partial charge in [0.15, 0.2) is 0 Å². The molecule has 1 saturated heterocycles. The maximum Gasteiger partial charge on any atom is 0.305 e. The number of amides is 2. The van der Waals surface area contributed by atoms with Gasteiger partial charge >= 0.3 is 5.97 Å². The summed E-state index contributed by atoms with van der Waals surface area (Å²) in [4.78, 5) is 35.3. The molecule has 0 aromatic carbocycles. The quantitative estimate of drug-likeness (QED) is 0.726. The highest BCUT2D eigenvalue weighted by atomic mass is 32.2. The van der Waals surface area contributed by atoms with E-state index in [1.54, 1.807) is 6.92 Å². The van der Waals surface area contributed by atoms with Crippen LogP contribution in [0.3, 0.4) is 0 Å². The lowest BCUT2D eigenvalue weighted by Gasteiger charge is -2.28. The topological polar surface area (TPSA) is 86.7 Å². The van der Waals surface area contributed by atoms with Crippen LogP contribution < -0.4 is 5.32 Å². The normalized spacial score (nSPS) is 18.6. The molecule has 0 saturated carbocycles. The standard InChI is InChI=1S/C11H18N2O4S/c1-3-11(2,4-10(16)17)12-8(14)5-13-7-18-6-9(13)15/h3-7H2,1-2H3,(H,12,14)(H,16,17). The van der Waals surface area contributed by atoms with Crippen molar-refractivity contribution in [3.05, 3.63) is 0 Å². The number of carbonyl (C=O) groups is 3. The summed E-state index contributed by atoms with van der Waals surface area (Å²) in [6, 6.07) is 0. The van der Waals surface area contributed by atoms with Crippen molar-refractivity contribution in [3.63, 3.8) is 0 Å². The lowest BCUT2D eigenvalue weighted by atomic mass is 9.94.